The Labute approximate surface area is 213 Å². The number of hydrogen-bond donors (Lipinski definition) is 2. The summed E-state index contributed by atoms with van der Waals surface area (Å²) < 4.78 is 5.33. The first-order chi connectivity index (χ1) is 15.8. The Morgan fingerprint density at radius 1 is 1.18 bits per heavy atom. The van der Waals surface area contributed by atoms with Crippen LogP contribution in [-0.4, -0.2) is 42.1 Å². The predicted molar refractivity (Wildman–Crippen MR) is 143 cm³/mol. The van der Waals surface area contributed by atoms with Gasteiger partial charge in [0.2, 0.25) is 0 Å². The molecule has 2 heterocycles. The van der Waals surface area contributed by atoms with E-state index in [1.807, 2.05) is 33.0 Å². The second-order valence-electron chi connectivity index (χ2n) is 9.44. The van der Waals surface area contributed by atoms with Crippen molar-refractivity contribution in [3.8, 4) is 0 Å². The van der Waals surface area contributed by atoms with Crippen LogP contribution >= 0.6 is 23.4 Å². The summed E-state index contributed by atoms with van der Waals surface area (Å²) in [6, 6.07) is 8.38. The average Bonchev–Trinajstić information content (AvgIpc) is 2.93. The van der Waals surface area contributed by atoms with E-state index >= 15 is 0 Å². The van der Waals surface area contributed by atoms with Gasteiger partial charge in [-0.1, -0.05) is 30.7 Å². The molecule has 1 aromatic carbocycles. The molecule has 0 unspecified atom stereocenters. The third kappa shape index (κ3) is 6.55. The first kappa shape index (κ1) is 26.6. The average molecular weight is 502 g/mol. The van der Waals surface area contributed by atoms with Gasteiger partial charge in [-0.2, -0.15) is 0 Å². The summed E-state index contributed by atoms with van der Waals surface area (Å²) in [5.41, 5.74) is 7.26. The van der Waals surface area contributed by atoms with Crippen molar-refractivity contribution in [3.63, 3.8) is 0 Å². The van der Waals surface area contributed by atoms with E-state index in [1.165, 1.54) is 32.7 Å². The number of aromatic nitrogens is 1. The molecule has 34 heavy (non-hydrogen) atoms. The molecule has 0 bridgehead atoms. The summed E-state index contributed by atoms with van der Waals surface area (Å²) in [6.07, 6.45) is 5.49. The number of nitrogens with zero attached hydrogens (tertiary/aromatic N) is 1. The lowest BCUT2D eigenvalue weighted by atomic mass is 9.89. The highest BCUT2D eigenvalue weighted by Crippen LogP contribution is 2.40. The molecule has 7 heteroatoms. The highest BCUT2D eigenvalue weighted by atomic mass is 35.5. The zero-order valence-electron chi connectivity index (χ0n) is 19.6. The second kappa shape index (κ2) is 11.6. The first-order valence-corrected chi connectivity index (χ1v) is 13.0. The van der Waals surface area contributed by atoms with Crippen LogP contribution in [0.4, 0.5) is 4.79 Å². The van der Waals surface area contributed by atoms with Crippen molar-refractivity contribution < 1.29 is 9.53 Å². The number of alkyl carbamates (subject to hydrolysis) is 1. The van der Waals surface area contributed by atoms with Gasteiger partial charge in [0.15, 0.2) is 0 Å². The predicted octanol–water partition coefficient (Wildman–Crippen LogP) is 6.27. The number of thioether (sulfide) groups is 1. The number of piperidine rings is 1. The molecule has 2 aromatic rings. The van der Waals surface area contributed by atoms with Crippen molar-refractivity contribution in [1.82, 2.24) is 15.6 Å². The number of carbonyl (C=O) groups is 1. The lowest BCUT2D eigenvalue weighted by Crippen LogP contribution is -2.33. The van der Waals surface area contributed by atoms with Crippen molar-refractivity contribution >= 4 is 35.0 Å². The molecule has 1 aliphatic carbocycles. The van der Waals surface area contributed by atoms with Crippen LogP contribution in [0.3, 0.4) is 0 Å². The van der Waals surface area contributed by atoms with E-state index in [9.17, 15) is 4.79 Å². The van der Waals surface area contributed by atoms with Crippen molar-refractivity contribution in [2.24, 2.45) is 0 Å². The van der Waals surface area contributed by atoms with Crippen LogP contribution < -0.4 is 10.6 Å². The molecule has 0 spiro atoms. The van der Waals surface area contributed by atoms with Gasteiger partial charge in [0, 0.05) is 34.0 Å². The minimum Gasteiger partial charge on any atom is -0.444 e. The van der Waals surface area contributed by atoms with Gasteiger partial charge in [-0.3, -0.25) is 4.98 Å². The first-order valence-electron chi connectivity index (χ1n) is 11.6. The fourth-order valence-corrected chi connectivity index (χ4v) is 5.58. The normalized spacial score (nSPS) is 15.5. The molecule has 2 N–H and O–H groups in total. The minimum absolute atomic E-state index is 0. The van der Waals surface area contributed by atoms with Gasteiger partial charge >= 0.3 is 6.09 Å². The Kier molecular flexibility index (Phi) is 9.07. The molecule has 0 saturated carbocycles. The Bertz CT molecular complexity index is 1050. The molecule has 1 saturated heterocycles. The molecule has 1 amide bonds. The van der Waals surface area contributed by atoms with E-state index in [-0.39, 0.29) is 13.5 Å². The maximum Gasteiger partial charge on any atom is 0.407 e. The molecule has 0 atom stereocenters. The molecule has 1 aromatic heterocycles. The van der Waals surface area contributed by atoms with Crippen LogP contribution in [0, 0.1) is 0 Å². The molecule has 1 aliphatic heterocycles. The Balaban J connectivity index is 0.00000324. The summed E-state index contributed by atoms with van der Waals surface area (Å²) in [6.45, 7) is 8.16. The zero-order valence-corrected chi connectivity index (χ0v) is 21.2. The number of fused-ring (bicyclic) bond motifs is 2. The highest BCUT2D eigenvalue weighted by molar-refractivity contribution is 7.99. The van der Waals surface area contributed by atoms with E-state index in [0.717, 1.165) is 55.2 Å². The third-order valence-electron chi connectivity index (χ3n) is 5.82. The summed E-state index contributed by atoms with van der Waals surface area (Å²) in [4.78, 5) is 18.1. The number of ether oxygens (including phenoxy) is 1. The maximum absolute atomic E-state index is 11.9. The number of hydrogen-bond acceptors (Lipinski definition) is 5. The summed E-state index contributed by atoms with van der Waals surface area (Å²) in [7, 11) is 0. The number of halogens is 1. The molecule has 2 aliphatic rings. The summed E-state index contributed by atoms with van der Waals surface area (Å²) in [5.74, 6) is 0.768. The Morgan fingerprint density at radius 3 is 2.68 bits per heavy atom. The monoisotopic (exact) mass is 501 g/mol. The van der Waals surface area contributed by atoms with E-state index < -0.39 is 5.60 Å². The van der Waals surface area contributed by atoms with Gasteiger partial charge in [-0.05, 0) is 94.4 Å². The number of amides is 1. The summed E-state index contributed by atoms with van der Waals surface area (Å²) >= 11 is 8.13. The van der Waals surface area contributed by atoms with Crippen LogP contribution in [0.5, 0.6) is 0 Å². The third-order valence-corrected chi connectivity index (χ3v) is 7.16. The van der Waals surface area contributed by atoms with E-state index in [0.29, 0.717) is 6.54 Å². The molecule has 4 rings (SSSR count). The quantitative estimate of drug-likeness (QED) is 0.381. The number of pyridine rings is 1. The van der Waals surface area contributed by atoms with Crippen LogP contribution in [0.25, 0.3) is 5.57 Å². The zero-order chi connectivity index (χ0) is 23.4. The smallest absolute Gasteiger partial charge is 0.407 e. The van der Waals surface area contributed by atoms with Gasteiger partial charge in [-0.25, -0.2) is 4.79 Å². The van der Waals surface area contributed by atoms with Crippen molar-refractivity contribution in [2.45, 2.75) is 64.4 Å². The molecule has 5 nitrogen and oxygen atoms in total. The van der Waals surface area contributed by atoms with Crippen molar-refractivity contribution in [3.05, 3.63) is 63.4 Å². The van der Waals surface area contributed by atoms with Gasteiger partial charge in [0.05, 0.1) is 5.69 Å². The Morgan fingerprint density at radius 2 is 1.94 bits per heavy atom. The summed E-state index contributed by atoms with van der Waals surface area (Å²) in [5, 5.41) is 7.11. The Hall–Kier alpha value is -2.02. The number of nitrogens with one attached hydrogen (secondary N) is 2. The number of aryl methyl sites for hydroxylation is 1. The molecule has 0 radical (unpaired) electrons. The lowest BCUT2D eigenvalue weighted by molar-refractivity contribution is 0.0531. The maximum atomic E-state index is 11.9. The lowest BCUT2D eigenvalue weighted by Gasteiger charge is -2.22. The SMILES string of the molecule is C.CC(C)(C)OC(=O)NCCSc1ccnc2c1CCc1cc(Cl)ccc1C2=C1CCNCC1. The van der Waals surface area contributed by atoms with Gasteiger partial charge in [-0.15, -0.1) is 11.8 Å². The van der Waals surface area contributed by atoms with Gasteiger partial charge in [0.25, 0.3) is 0 Å². The fourth-order valence-electron chi connectivity index (χ4n) is 4.43. The van der Waals surface area contributed by atoms with Crippen molar-refractivity contribution in [1.29, 1.82) is 0 Å². The minimum atomic E-state index is -0.490. The second-order valence-corrected chi connectivity index (χ2v) is 11.0. The fraction of sp³-hybridized carbons (Fsp3) is 0.481. The number of benzene rings is 1. The van der Waals surface area contributed by atoms with Gasteiger partial charge in [0.1, 0.15) is 5.60 Å². The molecule has 184 valence electrons. The van der Waals surface area contributed by atoms with Crippen molar-refractivity contribution in [2.75, 3.05) is 25.4 Å². The number of rotatable bonds is 4. The van der Waals surface area contributed by atoms with E-state index in [2.05, 4.69) is 28.8 Å². The standard InChI is InChI=1S/C26H32ClN3O2S.CH4/c1-26(2,3)32-25(31)30-14-15-33-22-10-13-29-24-21(22)6-4-18-16-19(27)5-7-20(18)23(24)17-8-11-28-12-9-17;/h5,7,10,13,16,28H,4,6,8-9,11-12,14-15H2,1-3H3,(H,30,31);1H4. The van der Waals surface area contributed by atoms with E-state index in [4.69, 9.17) is 21.3 Å². The van der Waals surface area contributed by atoms with E-state index in [1.54, 1.807) is 11.8 Å². The molecular formula is C27H36ClN3O2S. The van der Waals surface area contributed by atoms with Crippen LogP contribution in [0.2, 0.25) is 5.02 Å². The highest BCUT2D eigenvalue weighted by Gasteiger charge is 2.25. The topological polar surface area (TPSA) is 63.2 Å². The molecule has 1 fully saturated rings. The van der Waals surface area contributed by atoms with Crippen LogP contribution in [0.1, 0.15) is 63.4 Å². The van der Waals surface area contributed by atoms with Crippen LogP contribution in [0.15, 0.2) is 40.9 Å². The van der Waals surface area contributed by atoms with Crippen LogP contribution in [-0.2, 0) is 17.6 Å². The largest absolute Gasteiger partial charge is 0.444 e. The molecular weight excluding hydrogens is 466 g/mol. The van der Waals surface area contributed by atoms with Gasteiger partial charge < -0.3 is 15.4 Å². The number of carbonyl (C=O) groups excluding carboxylic acids is 1.